The molecule has 0 aliphatic carbocycles. The molecule has 0 saturated heterocycles. The van der Waals surface area contributed by atoms with E-state index in [1.807, 2.05) is 6.07 Å². The van der Waals surface area contributed by atoms with E-state index < -0.39 is 11.7 Å². The highest BCUT2D eigenvalue weighted by Gasteiger charge is 2.32. The highest BCUT2D eigenvalue weighted by atomic mass is 16.5. The van der Waals surface area contributed by atoms with Crippen LogP contribution in [0.1, 0.15) is 30.8 Å². The molecule has 23 heavy (non-hydrogen) atoms. The van der Waals surface area contributed by atoms with Crippen LogP contribution in [0.25, 0.3) is 0 Å². The fraction of sp³-hybridized carbons (Fsp3) is 0.333. The van der Waals surface area contributed by atoms with E-state index in [1.54, 1.807) is 63.2 Å². The summed E-state index contributed by atoms with van der Waals surface area (Å²) in [6.07, 6.45) is -0.672. The monoisotopic (exact) mass is 312 g/mol. The molecule has 120 valence electrons. The maximum absolute atomic E-state index is 12.0. The zero-order chi connectivity index (χ0) is 17.0. The smallest absolute Gasteiger partial charge is 0.195 e. The Labute approximate surface area is 136 Å². The van der Waals surface area contributed by atoms with Crippen LogP contribution in [0.2, 0.25) is 0 Å². The van der Waals surface area contributed by atoms with Crippen molar-refractivity contribution in [2.24, 2.45) is 0 Å². The Hall–Kier alpha value is -2.58. The molecule has 1 heterocycles. The Morgan fingerprint density at radius 1 is 1.26 bits per heavy atom. The first-order chi connectivity index (χ1) is 10.8. The number of aliphatic hydroxyl groups is 1. The largest absolute Gasteiger partial charge is 0.618 e. The Balaban J connectivity index is 2.11. The van der Waals surface area contributed by atoms with Gasteiger partial charge < -0.3 is 15.1 Å². The first kappa shape index (κ1) is 16.8. The second-order valence-corrected chi connectivity index (χ2v) is 6.01. The van der Waals surface area contributed by atoms with Crippen molar-refractivity contribution in [3.05, 3.63) is 64.6 Å². The second kappa shape index (κ2) is 6.67. The molecule has 0 aliphatic heterocycles. The van der Waals surface area contributed by atoms with Gasteiger partial charge in [-0.25, -0.2) is 0 Å². The molecule has 0 radical (unpaired) electrons. The van der Waals surface area contributed by atoms with Crippen LogP contribution in [0.15, 0.2) is 42.5 Å². The van der Waals surface area contributed by atoms with E-state index in [0.29, 0.717) is 22.7 Å². The van der Waals surface area contributed by atoms with Crippen LogP contribution in [0.3, 0.4) is 0 Å². The Morgan fingerprint density at radius 3 is 2.52 bits per heavy atom. The highest BCUT2D eigenvalue weighted by Crippen LogP contribution is 2.23. The van der Waals surface area contributed by atoms with Gasteiger partial charge in [0.25, 0.3) is 0 Å². The van der Waals surface area contributed by atoms with Gasteiger partial charge in [-0.2, -0.15) is 9.99 Å². The van der Waals surface area contributed by atoms with E-state index in [-0.39, 0.29) is 6.42 Å². The molecule has 1 aromatic carbocycles. The summed E-state index contributed by atoms with van der Waals surface area (Å²) in [5.41, 5.74) is 0.739. The van der Waals surface area contributed by atoms with Gasteiger partial charge in [-0.3, -0.25) is 0 Å². The van der Waals surface area contributed by atoms with Crippen molar-refractivity contribution in [2.75, 3.05) is 0 Å². The van der Waals surface area contributed by atoms with Crippen molar-refractivity contribution in [3.8, 4) is 11.8 Å². The van der Waals surface area contributed by atoms with E-state index >= 15 is 0 Å². The lowest BCUT2D eigenvalue weighted by Crippen LogP contribution is -2.46. The van der Waals surface area contributed by atoms with Gasteiger partial charge in [-0.15, -0.1) is 0 Å². The van der Waals surface area contributed by atoms with E-state index in [1.165, 1.54) is 0 Å². The average Bonchev–Trinajstić information content (AvgIpc) is 2.52. The third-order valence-corrected chi connectivity index (χ3v) is 3.78. The van der Waals surface area contributed by atoms with Crippen LogP contribution in [0, 0.1) is 23.5 Å². The molecule has 0 amide bonds. The molecule has 0 saturated carbocycles. The van der Waals surface area contributed by atoms with Crippen LogP contribution < -0.4 is 9.47 Å². The minimum atomic E-state index is -0.884. The maximum atomic E-state index is 12.0. The summed E-state index contributed by atoms with van der Waals surface area (Å²) in [5.74, 6) is 0.562. The molecule has 2 aromatic rings. The first-order valence-electron chi connectivity index (χ1n) is 7.39. The average molecular weight is 312 g/mol. The summed E-state index contributed by atoms with van der Waals surface area (Å²) in [6, 6.07) is 13.9. The third kappa shape index (κ3) is 3.99. The number of pyridine rings is 1. The van der Waals surface area contributed by atoms with Gasteiger partial charge in [-0.1, -0.05) is 0 Å². The summed E-state index contributed by atoms with van der Waals surface area (Å²) in [5, 5.41) is 31.3. The standard InChI is InChI=1S/C18H20N2O3/c1-13-5-4-6-15(20(13)22)11-17(21)18(2,3)23-16-9-7-14(12-19)8-10-16/h4-10,17,21H,11H2,1-3H3. The van der Waals surface area contributed by atoms with Crippen molar-refractivity contribution in [1.82, 2.24) is 0 Å². The van der Waals surface area contributed by atoms with Gasteiger partial charge in [0, 0.05) is 19.1 Å². The summed E-state index contributed by atoms with van der Waals surface area (Å²) in [6.45, 7) is 5.25. The van der Waals surface area contributed by atoms with Gasteiger partial charge in [0.2, 0.25) is 0 Å². The fourth-order valence-corrected chi connectivity index (χ4v) is 2.22. The minimum absolute atomic E-state index is 0.189. The molecule has 1 aromatic heterocycles. The molecule has 5 nitrogen and oxygen atoms in total. The molecule has 1 N–H and O–H groups in total. The molecule has 0 fully saturated rings. The third-order valence-electron chi connectivity index (χ3n) is 3.78. The molecular formula is C18H20N2O3. The van der Waals surface area contributed by atoms with Gasteiger partial charge >= 0.3 is 0 Å². The summed E-state index contributed by atoms with van der Waals surface area (Å²) >= 11 is 0. The molecule has 1 unspecified atom stereocenters. The number of aryl methyl sites for hydroxylation is 1. The van der Waals surface area contributed by atoms with Crippen LogP contribution in [-0.2, 0) is 6.42 Å². The number of nitrogens with zero attached hydrogens (tertiary/aromatic N) is 2. The summed E-state index contributed by atoms with van der Waals surface area (Å²) in [7, 11) is 0. The van der Waals surface area contributed by atoms with E-state index in [4.69, 9.17) is 10.00 Å². The quantitative estimate of drug-likeness (QED) is 0.678. The predicted octanol–water partition coefficient (Wildman–Crippen LogP) is 2.26. The van der Waals surface area contributed by atoms with Crippen molar-refractivity contribution < 1.29 is 14.6 Å². The van der Waals surface area contributed by atoms with Crippen LogP contribution in [0.5, 0.6) is 5.75 Å². The van der Waals surface area contributed by atoms with Crippen molar-refractivity contribution in [2.45, 2.75) is 38.9 Å². The van der Waals surface area contributed by atoms with Gasteiger partial charge in [0.15, 0.2) is 11.4 Å². The van der Waals surface area contributed by atoms with Gasteiger partial charge in [0.1, 0.15) is 17.5 Å². The number of aromatic nitrogens is 1. The lowest BCUT2D eigenvalue weighted by molar-refractivity contribution is -0.621. The van der Waals surface area contributed by atoms with Crippen LogP contribution in [-0.4, -0.2) is 16.8 Å². The Kier molecular flexibility index (Phi) is 4.87. The Morgan fingerprint density at radius 2 is 1.91 bits per heavy atom. The van der Waals surface area contributed by atoms with Crippen molar-refractivity contribution in [1.29, 1.82) is 5.26 Å². The van der Waals surface area contributed by atoms with E-state index in [0.717, 1.165) is 4.73 Å². The molecule has 5 heteroatoms. The van der Waals surface area contributed by atoms with Crippen molar-refractivity contribution in [3.63, 3.8) is 0 Å². The number of hydrogen-bond acceptors (Lipinski definition) is 4. The topological polar surface area (TPSA) is 80.2 Å². The van der Waals surface area contributed by atoms with Gasteiger partial charge in [0.05, 0.1) is 18.1 Å². The number of nitriles is 1. The molecule has 0 bridgehead atoms. The molecule has 0 spiro atoms. The first-order valence-corrected chi connectivity index (χ1v) is 7.39. The van der Waals surface area contributed by atoms with Crippen LogP contribution >= 0.6 is 0 Å². The summed E-state index contributed by atoms with van der Waals surface area (Å²) < 4.78 is 6.66. The van der Waals surface area contributed by atoms with Crippen LogP contribution in [0.4, 0.5) is 0 Å². The SMILES string of the molecule is Cc1cccc(CC(O)C(C)(C)Oc2ccc(C#N)cc2)[n+]1[O-]. The number of ether oxygens (including phenoxy) is 1. The van der Waals surface area contributed by atoms with E-state index in [2.05, 4.69) is 0 Å². The lowest BCUT2D eigenvalue weighted by Gasteiger charge is -2.31. The predicted molar refractivity (Wildman–Crippen MR) is 85.7 cm³/mol. The highest BCUT2D eigenvalue weighted by molar-refractivity contribution is 5.34. The number of aliphatic hydroxyl groups excluding tert-OH is 1. The maximum Gasteiger partial charge on any atom is 0.195 e. The zero-order valence-electron chi connectivity index (χ0n) is 13.5. The minimum Gasteiger partial charge on any atom is -0.618 e. The lowest BCUT2D eigenvalue weighted by atomic mass is 9.96. The van der Waals surface area contributed by atoms with E-state index in [9.17, 15) is 10.3 Å². The Bertz CT molecular complexity index is 718. The van der Waals surface area contributed by atoms with Gasteiger partial charge in [-0.05, 0) is 44.2 Å². The molecule has 0 aliphatic rings. The number of rotatable bonds is 5. The normalized spacial score (nSPS) is 12.5. The van der Waals surface area contributed by atoms with Crippen molar-refractivity contribution >= 4 is 0 Å². The second-order valence-electron chi connectivity index (χ2n) is 6.01. The zero-order valence-corrected chi connectivity index (χ0v) is 13.5. The molecule has 1 atom stereocenters. The fourth-order valence-electron chi connectivity index (χ4n) is 2.22. The molecule has 2 rings (SSSR count). The number of hydrogen-bond donors (Lipinski definition) is 1. The summed E-state index contributed by atoms with van der Waals surface area (Å²) in [4.78, 5) is 0. The number of benzene rings is 1. The molecular weight excluding hydrogens is 292 g/mol.